The van der Waals surface area contributed by atoms with Crippen LogP contribution in [0.5, 0.6) is 0 Å². The summed E-state index contributed by atoms with van der Waals surface area (Å²) in [6.45, 7) is 4.93. The average Bonchev–Trinajstić information content (AvgIpc) is 2.87. The molecule has 2 heterocycles. The fourth-order valence-electron chi connectivity index (χ4n) is 1.54. The van der Waals surface area contributed by atoms with Crippen molar-refractivity contribution in [2.75, 3.05) is 7.05 Å². The Labute approximate surface area is 106 Å². The Hall–Kier alpha value is -1.66. The second-order valence-corrected chi connectivity index (χ2v) is 4.99. The third kappa shape index (κ3) is 3.18. The topological polar surface area (TPSA) is 81.3 Å². The number of hydrogen-bond donors (Lipinski definition) is 1. The molecule has 2 aromatic heterocycles. The van der Waals surface area contributed by atoms with Crippen LogP contribution < -0.4 is 5.73 Å². The highest BCUT2D eigenvalue weighted by atomic mass is 16.5. The van der Waals surface area contributed by atoms with Gasteiger partial charge in [-0.05, 0) is 33.0 Å². The van der Waals surface area contributed by atoms with Gasteiger partial charge in [-0.25, -0.2) is 0 Å². The molecule has 0 aliphatic carbocycles. The van der Waals surface area contributed by atoms with Crippen LogP contribution >= 0.6 is 0 Å². The smallest absolute Gasteiger partial charge is 0.240 e. The molecular formula is C12H18N4O2. The molecule has 0 aliphatic rings. The average molecular weight is 250 g/mol. The summed E-state index contributed by atoms with van der Waals surface area (Å²) in [4.78, 5) is 6.30. The normalized spacial score (nSPS) is 12.3. The van der Waals surface area contributed by atoms with Crippen LogP contribution in [0.3, 0.4) is 0 Å². The highest BCUT2D eigenvalue weighted by Gasteiger charge is 2.21. The molecule has 2 aromatic rings. The molecule has 6 heteroatoms. The molecule has 18 heavy (non-hydrogen) atoms. The van der Waals surface area contributed by atoms with Gasteiger partial charge < -0.3 is 14.7 Å². The van der Waals surface area contributed by atoms with Crippen LogP contribution in [0.25, 0.3) is 0 Å². The summed E-state index contributed by atoms with van der Waals surface area (Å²) < 4.78 is 10.4. The van der Waals surface area contributed by atoms with E-state index in [0.717, 1.165) is 5.76 Å². The summed E-state index contributed by atoms with van der Waals surface area (Å²) >= 11 is 0. The van der Waals surface area contributed by atoms with Crippen LogP contribution in [0.4, 0.5) is 0 Å². The van der Waals surface area contributed by atoms with Gasteiger partial charge in [-0.2, -0.15) is 4.98 Å². The molecule has 0 amide bonds. The van der Waals surface area contributed by atoms with Gasteiger partial charge in [-0.15, -0.1) is 0 Å². The molecule has 2 N–H and O–H groups in total. The Kier molecular flexibility index (Phi) is 3.49. The quantitative estimate of drug-likeness (QED) is 0.865. The van der Waals surface area contributed by atoms with E-state index in [-0.39, 0.29) is 0 Å². The molecule has 6 nitrogen and oxygen atoms in total. The largest absolute Gasteiger partial charge is 0.468 e. The molecule has 0 atom stereocenters. The second-order valence-electron chi connectivity index (χ2n) is 4.99. The van der Waals surface area contributed by atoms with Crippen molar-refractivity contribution in [2.24, 2.45) is 5.73 Å². The van der Waals surface area contributed by atoms with E-state index in [1.807, 2.05) is 37.9 Å². The zero-order valence-electron chi connectivity index (χ0n) is 10.9. The van der Waals surface area contributed by atoms with E-state index in [4.69, 9.17) is 14.7 Å². The molecule has 0 saturated carbocycles. The van der Waals surface area contributed by atoms with Gasteiger partial charge in [0.25, 0.3) is 0 Å². The zero-order chi connectivity index (χ0) is 13.2. The SMILES string of the molecule is CN(Cc1ccco1)Cc1nc(C(C)(C)N)no1. The highest BCUT2D eigenvalue weighted by molar-refractivity contribution is 5.00. The molecule has 0 bridgehead atoms. The molecule has 0 unspecified atom stereocenters. The fraction of sp³-hybridized carbons (Fsp3) is 0.500. The van der Waals surface area contributed by atoms with Crippen molar-refractivity contribution in [2.45, 2.75) is 32.5 Å². The number of furan rings is 1. The van der Waals surface area contributed by atoms with Crippen molar-refractivity contribution >= 4 is 0 Å². The zero-order valence-corrected chi connectivity index (χ0v) is 10.9. The number of hydrogen-bond acceptors (Lipinski definition) is 6. The minimum atomic E-state index is -0.582. The van der Waals surface area contributed by atoms with E-state index in [2.05, 4.69) is 10.1 Å². The fourth-order valence-corrected chi connectivity index (χ4v) is 1.54. The summed E-state index contributed by atoms with van der Waals surface area (Å²) in [5.41, 5.74) is 5.31. The van der Waals surface area contributed by atoms with Crippen LogP contribution in [-0.2, 0) is 18.6 Å². The standard InChI is InChI=1S/C12H18N4O2/c1-12(2,13)11-14-10(18-15-11)8-16(3)7-9-5-4-6-17-9/h4-6H,7-8,13H2,1-3H3. The summed E-state index contributed by atoms with van der Waals surface area (Å²) in [7, 11) is 1.96. The Bertz CT molecular complexity index is 484. The predicted octanol–water partition coefficient (Wildman–Crippen LogP) is 1.49. The van der Waals surface area contributed by atoms with Gasteiger partial charge in [0.2, 0.25) is 5.89 Å². The van der Waals surface area contributed by atoms with E-state index in [0.29, 0.717) is 24.8 Å². The van der Waals surface area contributed by atoms with Gasteiger partial charge in [-0.3, -0.25) is 4.90 Å². The van der Waals surface area contributed by atoms with Crippen molar-refractivity contribution in [1.29, 1.82) is 0 Å². The van der Waals surface area contributed by atoms with Gasteiger partial charge in [0.15, 0.2) is 5.82 Å². The minimum absolute atomic E-state index is 0.517. The van der Waals surface area contributed by atoms with Crippen molar-refractivity contribution in [1.82, 2.24) is 15.0 Å². The third-order valence-corrected chi connectivity index (χ3v) is 2.46. The Morgan fingerprint density at radius 2 is 2.17 bits per heavy atom. The molecule has 0 fully saturated rings. The summed E-state index contributed by atoms with van der Waals surface area (Å²) in [5, 5.41) is 3.88. The lowest BCUT2D eigenvalue weighted by Crippen LogP contribution is -2.30. The monoisotopic (exact) mass is 250 g/mol. The lowest BCUT2D eigenvalue weighted by Gasteiger charge is -2.12. The van der Waals surface area contributed by atoms with E-state index >= 15 is 0 Å². The first kappa shape index (κ1) is 12.8. The van der Waals surface area contributed by atoms with E-state index in [9.17, 15) is 0 Å². The third-order valence-electron chi connectivity index (χ3n) is 2.46. The first-order valence-electron chi connectivity index (χ1n) is 5.78. The molecule has 0 aliphatic heterocycles. The number of nitrogens with zero attached hydrogens (tertiary/aromatic N) is 3. The summed E-state index contributed by atoms with van der Waals surface area (Å²) in [6, 6.07) is 3.80. The van der Waals surface area contributed by atoms with Crippen molar-refractivity contribution in [3.05, 3.63) is 35.9 Å². The molecule has 2 rings (SSSR count). The Balaban J connectivity index is 1.95. The first-order valence-corrected chi connectivity index (χ1v) is 5.78. The van der Waals surface area contributed by atoms with Gasteiger partial charge in [-0.1, -0.05) is 5.16 Å². The van der Waals surface area contributed by atoms with E-state index in [1.54, 1.807) is 6.26 Å². The minimum Gasteiger partial charge on any atom is -0.468 e. The Morgan fingerprint density at radius 1 is 1.39 bits per heavy atom. The van der Waals surface area contributed by atoms with Gasteiger partial charge in [0.05, 0.1) is 24.9 Å². The van der Waals surface area contributed by atoms with Crippen LogP contribution in [0, 0.1) is 0 Å². The van der Waals surface area contributed by atoms with Crippen LogP contribution in [0.2, 0.25) is 0 Å². The molecule has 0 aromatic carbocycles. The maximum absolute atomic E-state index is 5.90. The maximum Gasteiger partial charge on any atom is 0.240 e. The highest BCUT2D eigenvalue weighted by Crippen LogP contribution is 2.14. The van der Waals surface area contributed by atoms with Gasteiger partial charge in [0.1, 0.15) is 5.76 Å². The predicted molar refractivity (Wildman–Crippen MR) is 65.4 cm³/mol. The van der Waals surface area contributed by atoms with E-state index in [1.165, 1.54) is 0 Å². The molecular weight excluding hydrogens is 232 g/mol. The van der Waals surface area contributed by atoms with Crippen molar-refractivity contribution in [3.63, 3.8) is 0 Å². The second kappa shape index (κ2) is 4.91. The molecule has 0 spiro atoms. The van der Waals surface area contributed by atoms with Crippen molar-refractivity contribution in [3.8, 4) is 0 Å². The number of nitrogens with two attached hydrogens (primary N) is 1. The number of aromatic nitrogens is 2. The summed E-state index contributed by atoms with van der Waals surface area (Å²) in [5.74, 6) is 1.97. The van der Waals surface area contributed by atoms with Crippen molar-refractivity contribution < 1.29 is 8.94 Å². The van der Waals surface area contributed by atoms with Crippen LogP contribution in [0.15, 0.2) is 27.3 Å². The van der Waals surface area contributed by atoms with Gasteiger partial charge in [0, 0.05) is 0 Å². The number of rotatable bonds is 5. The lowest BCUT2D eigenvalue weighted by molar-refractivity contribution is 0.243. The first-order chi connectivity index (χ1) is 8.45. The lowest BCUT2D eigenvalue weighted by atomic mass is 10.1. The van der Waals surface area contributed by atoms with Gasteiger partial charge >= 0.3 is 0 Å². The van der Waals surface area contributed by atoms with E-state index < -0.39 is 5.54 Å². The van der Waals surface area contributed by atoms with Crippen LogP contribution in [-0.4, -0.2) is 22.1 Å². The molecule has 0 radical (unpaired) electrons. The van der Waals surface area contributed by atoms with Crippen LogP contribution in [0.1, 0.15) is 31.3 Å². The summed E-state index contributed by atoms with van der Waals surface area (Å²) in [6.07, 6.45) is 1.66. The molecule has 98 valence electrons. The Morgan fingerprint density at radius 3 is 2.72 bits per heavy atom. The molecule has 0 saturated heterocycles. The maximum atomic E-state index is 5.90.